The molecule has 1 aromatic carbocycles. The summed E-state index contributed by atoms with van der Waals surface area (Å²) < 4.78 is 1.93. The van der Waals surface area contributed by atoms with Crippen molar-refractivity contribution in [1.82, 2.24) is 9.78 Å². The van der Waals surface area contributed by atoms with Crippen molar-refractivity contribution in [2.45, 2.75) is 33.2 Å². The Morgan fingerprint density at radius 2 is 2.05 bits per heavy atom. The summed E-state index contributed by atoms with van der Waals surface area (Å²) in [7, 11) is 0. The SMILES string of the molecule is CCc1cc(CC)n(Cc2ccc(C(=O)O)cc2Cl)n1. The first-order valence-corrected chi connectivity index (χ1v) is 7.00. The van der Waals surface area contributed by atoms with E-state index in [-0.39, 0.29) is 5.56 Å². The van der Waals surface area contributed by atoms with Crippen LogP contribution in [0.2, 0.25) is 5.02 Å². The summed E-state index contributed by atoms with van der Waals surface area (Å²) >= 11 is 6.16. The Morgan fingerprint density at radius 1 is 1.30 bits per heavy atom. The highest BCUT2D eigenvalue weighted by Crippen LogP contribution is 2.20. The highest BCUT2D eigenvalue weighted by atomic mass is 35.5. The number of rotatable bonds is 5. The van der Waals surface area contributed by atoms with E-state index >= 15 is 0 Å². The largest absolute Gasteiger partial charge is 0.478 e. The third kappa shape index (κ3) is 3.02. The monoisotopic (exact) mass is 292 g/mol. The molecule has 0 bridgehead atoms. The van der Waals surface area contributed by atoms with Gasteiger partial charge in [-0.05, 0) is 36.6 Å². The number of hydrogen-bond acceptors (Lipinski definition) is 2. The third-order valence-electron chi connectivity index (χ3n) is 3.26. The Bertz CT molecular complexity index is 635. The van der Waals surface area contributed by atoms with Gasteiger partial charge in [0.25, 0.3) is 0 Å². The molecule has 0 spiro atoms. The molecule has 20 heavy (non-hydrogen) atoms. The molecule has 0 unspecified atom stereocenters. The number of carbonyl (C=O) groups is 1. The van der Waals surface area contributed by atoms with Crippen LogP contribution in [0.5, 0.6) is 0 Å². The predicted octanol–water partition coefficient (Wildman–Crippen LogP) is 3.41. The van der Waals surface area contributed by atoms with Gasteiger partial charge in [0.05, 0.1) is 17.8 Å². The van der Waals surface area contributed by atoms with E-state index in [1.807, 2.05) is 4.68 Å². The van der Waals surface area contributed by atoms with Crippen LogP contribution in [0.25, 0.3) is 0 Å². The second-order valence-electron chi connectivity index (χ2n) is 4.60. The summed E-state index contributed by atoms with van der Waals surface area (Å²) in [5.74, 6) is -0.972. The number of halogens is 1. The van der Waals surface area contributed by atoms with Gasteiger partial charge in [-0.2, -0.15) is 5.10 Å². The lowest BCUT2D eigenvalue weighted by Crippen LogP contribution is -2.07. The third-order valence-corrected chi connectivity index (χ3v) is 3.61. The molecule has 0 aliphatic rings. The quantitative estimate of drug-likeness (QED) is 0.919. The van der Waals surface area contributed by atoms with Crippen LogP contribution in [0.15, 0.2) is 24.3 Å². The molecule has 0 saturated heterocycles. The molecule has 2 rings (SSSR count). The summed E-state index contributed by atoms with van der Waals surface area (Å²) in [6.45, 7) is 4.71. The molecule has 0 amide bonds. The molecule has 5 heteroatoms. The van der Waals surface area contributed by atoms with Crippen molar-refractivity contribution in [2.24, 2.45) is 0 Å². The van der Waals surface area contributed by atoms with Crippen LogP contribution in [0, 0.1) is 0 Å². The lowest BCUT2D eigenvalue weighted by molar-refractivity contribution is 0.0697. The zero-order chi connectivity index (χ0) is 14.7. The topological polar surface area (TPSA) is 55.1 Å². The van der Waals surface area contributed by atoms with E-state index < -0.39 is 5.97 Å². The van der Waals surface area contributed by atoms with Crippen molar-refractivity contribution in [1.29, 1.82) is 0 Å². The summed E-state index contributed by atoms with van der Waals surface area (Å²) in [5, 5.41) is 13.9. The minimum Gasteiger partial charge on any atom is -0.478 e. The Balaban J connectivity index is 2.30. The molecule has 0 aliphatic carbocycles. The zero-order valence-corrected chi connectivity index (χ0v) is 12.3. The maximum Gasteiger partial charge on any atom is 0.335 e. The van der Waals surface area contributed by atoms with E-state index in [1.165, 1.54) is 6.07 Å². The molecule has 4 nitrogen and oxygen atoms in total. The maximum atomic E-state index is 10.9. The molecule has 106 valence electrons. The molecule has 1 heterocycles. The first kappa shape index (κ1) is 14.6. The van der Waals surface area contributed by atoms with Gasteiger partial charge in [-0.15, -0.1) is 0 Å². The second kappa shape index (κ2) is 6.09. The molecule has 0 fully saturated rings. The van der Waals surface area contributed by atoms with Crippen molar-refractivity contribution in [2.75, 3.05) is 0 Å². The smallest absolute Gasteiger partial charge is 0.335 e. The molecule has 0 atom stereocenters. The van der Waals surface area contributed by atoms with Gasteiger partial charge < -0.3 is 5.11 Å². The number of aromatic nitrogens is 2. The Labute approximate surface area is 123 Å². The van der Waals surface area contributed by atoms with Crippen molar-refractivity contribution in [3.8, 4) is 0 Å². The van der Waals surface area contributed by atoms with Crippen LogP contribution in [0.4, 0.5) is 0 Å². The Morgan fingerprint density at radius 3 is 2.60 bits per heavy atom. The number of aryl methyl sites for hydroxylation is 2. The minimum absolute atomic E-state index is 0.198. The highest BCUT2D eigenvalue weighted by Gasteiger charge is 2.10. The normalized spacial score (nSPS) is 10.8. The van der Waals surface area contributed by atoms with Crippen LogP contribution in [-0.4, -0.2) is 20.9 Å². The van der Waals surface area contributed by atoms with Crippen molar-refractivity contribution in [3.63, 3.8) is 0 Å². The van der Waals surface area contributed by atoms with Gasteiger partial charge in [0, 0.05) is 10.7 Å². The first-order chi connectivity index (χ1) is 9.55. The van der Waals surface area contributed by atoms with Gasteiger partial charge in [-0.3, -0.25) is 4.68 Å². The van der Waals surface area contributed by atoms with E-state index in [1.54, 1.807) is 12.1 Å². The molecule has 2 aromatic rings. The predicted molar refractivity (Wildman–Crippen MR) is 78.5 cm³/mol. The zero-order valence-electron chi connectivity index (χ0n) is 11.6. The van der Waals surface area contributed by atoms with Crippen molar-refractivity contribution in [3.05, 3.63) is 51.8 Å². The van der Waals surface area contributed by atoms with Gasteiger partial charge in [0.2, 0.25) is 0 Å². The fourth-order valence-electron chi connectivity index (χ4n) is 2.08. The van der Waals surface area contributed by atoms with E-state index in [0.717, 1.165) is 29.8 Å². The van der Waals surface area contributed by atoms with Crippen LogP contribution >= 0.6 is 11.6 Å². The maximum absolute atomic E-state index is 10.9. The van der Waals surface area contributed by atoms with Gasteiger partial charge in [-0.25, -0.2) is 4.79 Å². The molecule has 1 N–H and O–H groups in total. The summed E-state index contributed by atoms with van der Waals surface area (Å²) in [6, 6.07) is 6.90. The molecule has 0 aliphatic heterocycles. The van der Waals surface area contributed by atoms with Crippen molar-refractivity contribution < 1.29 is 9.90 Å². The number of aromatic carboxylic acids is 1. The minimum atomic E-state index is -0.972. The van der Waals surface area contributed by atoms with Gasteiger partial charge in [0.1, 0.15) is 0 Å². The van der Waals surface area contributed by atoms with E-state index in [2.05, 4.69) is 25.0 Å². The van der Waals surface area contributed by atoms with Gasteiger partial charge in [0.15, 0.2) is 0 Å². The number of nitrogens with zero attached hydrogens (tertiary/aromatic N) is 2. The molecular formula is C15H17ClN2O2. The van der Waals surface area contributed by atoms with Gasteiger partial charge in [-0.1, -0.05) is 31.5 Å². The second-order valence-corrected chi connectivity index (χ2v) is 5.01. The number of carboxylic acids is 1. The first-order valence-electron chi connectivity index (χ1n) is 6.62. The summed E-state index contributed by atoms with van der Waals surface area (Å²) in [5.41, 5.74) is 3.28. The Kier molecular flexibility index (Phi) is 4.45. The number of carboxylic acid groups (broad SMARTS) is 1. The van der Waals surface area contributed by atoms with Crippen LogP contribution in [0.3, 0.4) is 0 Å². The summed E-state index contributed by atoms with van der Waals surface area (Å²) in [6.07, 6.45) is 1.80. The highest BCUT2D eigenvalue weighted by molar-refractivity contribution is 6.31. The lowest BCUT2D eigenvalue weighted by atomic mass is 10.1. The van der Waals surface area contributed by atoms with Crippen LogP contribution in [-0.2, 0) is 19.4 Å². The number of hydrogen-bond donors (Lipinski definition) is 1. The van der Waals surface area contributed by atoms with Crippen molar-refractivity contribution >= 4 is 17.6 Å². The fourth-order valence-corrected chi connectivity index (χ4v) is 2.32. The standard InChI is InChI=1S/C15H17ClN2O2/c1-3-12-8-13(4-2)18(17-12)9-11-6-5-10(15(19)20)7-14(11)16/h5-8H,3-4,9H2,1-2H3,(H,19,20). The molecule has 1 aromatic heterocycles. The molecule has 0 saturated carbocycles. The lowest BCUT2D eigenvalue weighted by Gasteiger charge is -2.08. The fraction of sp³-hybridized carbons (Fsp3) is 0.333. The van der Waals surface area contributed by atoms with E-state index in [4.69, 9.17) is 16.7 Å². The molecule has 0 radical (unpaired) electrons. The summed E-state index contributed by atoms with van der Waals surface area (Å²) in [4.78, 5) is 10.9. The van der Waals surface area contributed by atoms with E-state index in [9.17, 15) is 4.79 Å². The van der Waals surface area contributed by atoms with Crippen LogP contribution < -0.4 is 0 Å². The van der Waals surface area contributed by atoms with Gasteiger partial charge >= 0.3 is 5.97 Å². The van der Waals surface area contributed by atoms with Crippen LogP contribution in [0.1, 0.15) is 41.2 Å². The molecular weight excluding hydrogens is 276 g/mol. The Hall–Kier alpha value is -1.81. The average molecular weight is 293 g/mol. The average Bonchev–Trinajstić information content (AvgIpc) is 2.83. The van der Waals surface area contributed by atoms with E-state index in [0.29, 0.717) is 11.6 Å². The number of benzene rings is 1.